The van der Waals surface area contributed by atoms with Crippen molar-refractivity contribution >= 4 is 12.0 Å². The molecule has 24 heavy (non-hydrogen) atoms. The Labute approximate surface area is 145 Å². The Morgan fingerprint density at radius 1 is 1.00 bits per heavy atom. The Kier molecular flexibility index (Phi) is 6.71. The molecule has 0 unspecified atom stereocenters. The molecule has 0 atom stereocenters. The van der Waals surface area contributed by atoms with E-state index >= 15 is 0 Å². The van der Waals surface area contributed by atoms with Crippen molar-refractivity contribution in [2.45, 2.75) is 59.3 Å². The molecule has 0 bridgehead atoms. The first-order valence-corrected chi connectivity index (χ1v) is 9.05. The lowest BCUT2D eigenvalue weighted by Gasteiger charge is -2.14. The van der Waals surface area contributed by atoms with Crippen LogP contribution in [0.5, 0.6) is 5.75 Å². The van der Waals surface area contributed by atoms with Crippen LogP contribution < -0.4 is 15.6 Å². The summed E-state index contributed by atoms with van der Waals surface area (Å²) in [7, 11) is 0. The zero-order valence-corrected chi connectivity index (χ0v) is 15.2. The number of rotatable bonds is 9. The zero-order chi connectivity index (χ0) is 17.4. The Morgan fingerprint density at radius 3 is 2.29 bits per heavy atom. The van der Waals surface area contributed by atoms with Gasteiger partial charge in [0.25, 0.3) is 0 Å². The fourth-order valence-electron chi connectivity index (χ4n) is 2.67. The number of benzene rings is 1. The highest BCUT2D eigenvalue weighted by atomic mass is 16.5. The van der Waals surface area contributed by atoms with Gasteiger partial charge in [-0.2, -0.15) is 0 Å². The maximum absolute atomic E-state index is 11.7. The number of carbonyl (C=O) groups is 1. The van der Waals surface area contributed by atoms with Crippen molar-refractivity contribution in [3.05, 3.63) is 35.5 Å². The lowest BCUT2D eigenvalue weighted by atomic mass is 9.89. The summed E-state index contributed by atoms with van der Waals surface area (Å²) < 4.78 is 5.79. The van der Waals surface area contributed by atoms with E-state index in [0.29, 0.717) is 0 Å². The molecule has 0 saturated carbocycles. The average molecular weight is 330 g/mol. The SMILES string of the molecule is CCCCCCCCOc1ccc(/C=C2\NNC(=O)C2(C)C)cc1. The minimum Gasteiger partial charge on any atom is -0.494 e. The monoisotopic (exact) mass is 330 g/mol. The van der Waals surface area contributed by atoms with Crippen molar-refractivity contribution in [3.63, 3.8) is 0 Å². The molecular weight excluding hydrogens is 300 g/mol. The van der Waals surface area contributed by atoms with Crippen LogP contribution in [0.4, 0.5) is 0 Å². The van der Waals surface area contributed by atoms with E-state index < -0.39 is 5.41 Å². The summed E-state index contributed by atoms with van der Waals surface area (Å²) in [4.78, 5) is 11.7. The van der Waals surface area contributed by atoms with Crippen molar-refractivity contribution in [2.24, 2.45) is 5.41 Å². The highest BCUT2D eigenvalue weighted by Gasteiger charge is 2.37. The summed E-state index contributed by atoms with van der Waals surface area (Å²) in [6.45, 7) is 6.83. The Hall–Kier alpha value is -1.97. The molecule has 0 aromatic heterocycles. The fraction of sp³-hybridized carbons (Fsp3) is 0.550. The molecule has 0 spiro atoms. The normalized spacial score (nSPS) is 17.6. The van der Waals surface area contributed by atoms with E-state index in [4.69, 9.17) is 4.74 Å². The van der Waals surface area contributed by atoms with Crippen LogP contribution >= 0.6 is 0 Å². The number of unbranched alkanes of at least 4 members (excludes halogenated alkanes) is 5. The highest BCUT2D eigenvalue weighted by Crippen LogP contribution is 2.29. The molecule has 1 saturated heterocycles. The van der Waals surface area contributed by atoms with Crippen LogP contribution in [0.1, 0.15) is 64.9 Å². The van der Waals surface area contributed by atoms with E-state index in [0.717, 1.165) is 30.0 Å². The lowest BCUT2D eigenvalue weighted by Crippen LogP contribution is -2.28. The minimum atomic E-state index is -0.521. The van der Waals surface area contributed by atoms with Gasteiger partial charge >= 0.3 is 0 Å². The summed E-state index contributed by atoms with van der Waals surface area (Å²) >= 11 is 0. The first kappa shape index (κ1) is 18.4. The van der Waals surface area contributed by atoms with Gasteiger partial charge in [0.15, 0.2) is 0 Å². The van der Waals surface area contributed by atoms with Crippen LogP contribution in [-0.4, -0.2) is 12.5 Å². The third kappa shape index (κ3) is 5.02. The molecule has 2 rings (SSSR count). The number of ether oxygens (including phenoxy) is 1. The largest absolute Gasteiger partial charge is 0.494 e. The molecule has 1 aromatic carbocycles. The summed E-state index contributed by atoms with van der Waals surface area (Å²) in [5.74, 6) is 0.895. The summed E-state index contributed by atoms with van der Waals surface area (Å²) in [6.07, 6.45) is 9.62. The molecule has 0 aliphatic carbocycles. The number of amides is 1. The number of hydrazine groups is 1. The number of carbonyl (C=O) groups excluding carboxylic acids is 1. The second kappa shape index (κ2) is 8.76. The van der Waals surface area contributed by atoms with Gasteiger partial charge in [0.05, 0.1) is 12.0 Å². The van der Waals surface area contributed by atoms with E-state index in [1.807, 2.05) is 44.2 Å². The van der Waals surface area contributed by atoms with E-state index in [1.54, 1.807) is 0 Å². The van der Waals surface area contributed by atoms with Gasteiger partial charge in [0, 0.05) is 5.70 Å². The van der Waals surface area contributed by atoms with Crippen LogP contribution in [0.25, 0.3) is 6.08 Å². The predicted octanol–water partition coefficient (Wildman–Crippen LogP) is 4.43. The van der Waals surface area contributed by atoms with Crippen molar-refractivity contribution in [2.75, 3.05) is 6.61 Å². The average Bonchev–Trinajstić information content (AvgIpc) is 2.82. The predicted molar refractivity (Wildman–Crippen MR) is 98.3 cm³/mol. The molecular formula is C20H30N2O2. The topological polar surface area (TPSA) is 50.4 Å². The summed E-state index contributed by atoms with van der Waals surface area (Å²) in [5, 5.41) is 0. The van der Waals surface area contributed by atoms with Crippen LogP contribution in [0.15, 0.2) is 30.0 Å². The second-order valence-corrected chi connectivity index (χ2v) is 6.95. The molecule has 1 heterocycles. The zero-order valence-electron chi connectivity index (χ0n) is 15.2. The maximum Gasteiger partial charge on any atom is 0.249 e. The molecule has 4 nitrogen and oxygen atoms in total. The van der Waals surface area contributed by atoms with Crippen molar-refractivity contribution in [1.82, 2.24) is 10.9 Å². The number of hydrogen-bond acceptors (Lipinski definition) is 3. The third-order valence-electron chi connectivity index (χ3n) is 4.51. The first-order chi connectivity index (χ1) is 11.5. The quantitative estimate of drug-likeness (QED) is 0.659. The van der Waals surface area contributed by atoms with Gasteiger partial charge in [-0.1, -0.05) is 51.2 Å². The number of nitrogens with one attached hydrogen (secondary N) is 2. The molecule has 2 N–H and O–H groups in total. The molecule has 0 radical (unpaired) electrons. The van der Waals surface area contributed by atoms with Gasteiger partial charge in [0.1, 0.15) is 5.75 Å². The van der Waals surface area contributed by atoms with Gasteiger partial charge in [-0.3, -0.25) is 10.2 Å². The summed E-state index contributed by atoms with van der Waals surface area (Å²) in [6, 6.07) is 8.01. The Morgan fingerprint density at radius 2 is 1.67 bits per heavy atom. The van der Waals surface area contributed by atoms with Gasteiger partial charge in [-0.25, -0.2) is 0 Å². The molecule has 132 valence electrons. The van der Waals surface area contributed by atoms with E-state index in [-0.39, 0.29) is 5.91 Å². The van der Waals surface area contributed by atoms with Gasteiger partial charge in [-0.15, -0.1) is 0 Å². The van der Waals surface area contributed by atoms with Crippen molar-refractivity contribution in [3.8, 4) is 5.75 Å². The summed E-state index contributed by atoms with van der Waals surface area (Å²) in [5.41, 5.74) is 7.03. The Balaban J connectivity index is 1.78. The van der Waals surface area contributed by atoms with E-state index in [2.05, 4.69) is 17.8 Å². The smallest absolute Gasteiger partial charge is 0.249 e. The van der Waals surface area contributed by atoms with Crippen molar-refractivity contribution in [1.29, 1.82) is 0 Å². The highest BCUT2D eigenvalue weighted by molar-refractivity contribution is 5.89. The van der Waals surface area contributed by atoms with Crippen LogP contribution in [-0.2, 0) is 4.79 Å². The first-order valence-electron chi connectivity index (χ1n) is 9.05. The standard InChI is InChI=1S/C20H30N2O2/c1-4-5-6-7-8-9-14-24-17-12-10-16(11-13-17)15-18-20(2,3)19(23)22-21-18/h10-13,15,21H,4-9,14H2,1-3H3,(H,22,23)/b18-15-. The fourth-order valence-corrected chi connectivity index (χ4v) is 2.67. The number of hydrogen-bond donors (Lipinski definition) is 2. The van der Waals surface area contributed by atoms with Crippen LogP contribution in [0.2, 0.25) is 0 Å². The van der Waals surface area contributed by atoms with Crippen molar-refractivity contribution < 1.29 is 9.53 Å². The molecule has 1 aromatic rings. The lowest BCUT2D eigenvalue weighted by molar-refractivity contribution is -0.125. The molecule has 1 aliphatic heterocycles. The third-order valence-corrected chi connectivity index (χ3v) is 4.51. The van der Waals surface area contributed by atoms with Gasteiger partial charge in [-0.05, 0) is 44.0 Å². The van der Waals surface area contributed by atoms with Crippen LogP contribution in [0, 0.1) is 5.41 Å². The molecule has 1 aliphatic rings. The van der Waals surface area contributed by atoms with Crippen LogP contribution in [0.3, 0.4) is 0 Å². The van der Waals surface area contributed by atoms with Gasteiger partial charge in [0.2, 0.25) is 5.91 Å². The molecule has 4 heteroatoms. The maximum atomic E-state index is 11.7. The molecule has 1 amide bonds. The van der Waals surface area contributed by atoms with E-state index in [1.165, 1.54) is 32.1 Å². The second-order valence-electron chi connectivity index (χ2n) is 6.95. The van der Waals surface area contributed by atoms with Gasteiger partial charge < -0.3 is 10.2 Å². The van der Waals surface area contributed by atoms with E-state index in [9.17, 15) is 4.79 Å². The molecule has 1 fully saturated rings. The minimum absolute atomic E-state index is 0.00681. The Bertz CT molecular complexity index is 562.